The molecule has 2 fully saturated rings. The molecule has 1 atom stereocenters. The molecular weight excluding hydrogens is 416 g/mol. The second-order valence-electron chi connectivity index (χ2n) is 9.39. The molecule has 2 aromatic heterocycles. The Morgan fingerprint density at radius 1 is 1.24 bits per heavy atom. The van der Waals surface area contributed by atoms with Gasteiger partial charge in [0.25, 0.3) is 5.91 Å². The van der Waals surface area contributed by atoms with E-state index < -0.39 is 0 Å². The zero-order valence-electron chi connectivity index (χ0n) is 19.4. The van der Waals surface area contributed by atoms with Gasteiger partial charge in [-0.05, 0) is 43.4 Å². The first-order chi connectivity index (χ1) is 16.2. The largest absolute Gasteiger partial charge is 0.459 e. The maximum Gasteiger partial charge on any atom is 0.289 e. The third-order valence-electron chi connectivity index (χ3n) is 7.52. The van der Waals surface area contributed by atoms with E-state index in [0.717, 1.165) is 48.3 Å². The lowest BCUT2D eigenvalue weighted by atomic mass is 9.82. The van der Waals surface area contributed by atoms with E-state index in [1.165, 1.54) is 25.5 Å². The molecule has 3 aliphatic rings. The van der Waals surface area contributed by atoms with Gasteiger partial charge in [-0.25, -0.2) is 4.98 Å². The number of fused-ring (bicyclic) bond motifs is 1. The van der Waals surface area contributed by atoms with E-state index in [2.05, 4.69) is 17.9 Å². The summed E-state index contributed by atoms with van der Waals surface area (Å²) in [6.45, 7) is 5.23. The normalized spacial score (nSPS) is 21.5. The number of carbonyl (C=O) groups is 1. The first kappa shape index (κ1) is 22.0. The summed E-state index contributed by atoms with van der Waals surface area (Å²) in [5.41, 5.74) is 4.15. The monoisotopic (exact) mass is 448 g/mol. The Balaban J connectivity index is 1.48. The third kappa shape index (κ3) is 4.13. The number of hydrogen-bond donors (Lipinski definition) is 0. The summed E-state index contributed by atoms with van der Waals surface area (Å²) in [5.74, 6) is 1.57. The number of nitrogens with zero attached hydrogens (tertiary/aromatic N) is 4. The molecule has 33 heavy (non-hydrogen) atoms. The van der Waals surface area contributed by atoms with Crippen molar-refractivity contribution in [2.75, 3.05) is 31.1 Å². The number of pyridine rings is 1. The van der Waals surface area contributed by atoms with E-state index in [1.54, 1.807) is 12.1 Å². The lowest BCUT2D eigenvalue weighted by Crippen LogP contribution is -2.55. The number of carbonyl (C=O) groups excluding carboxylic acids is 1. The first-order valence-electron chi connectivity index (χ1n) is 12.3. The van der Waals surface area contributed by atoms with Crippen molar-refractivity contribution in [3.8, 4) is 6.07 Å². The number of ether oxygens (including phenoxy) is 1. The molecule has 1 amide bonds. The lowest BCUT2D eigenvalue weighted by molar-refractivity contribution is 0.0618. The summed E-state index contributed by atoms with van der Waals surface area (Å²) in [6.07, 6.45) is 9.23. The molecule has 5 rings (SSSR count). The second kappa shape index (κ2) is 9.56. The molecule has 2 aliphatic heterocycles. The SMILES string of the molecule is CCC1CN(c2nc(C3CCCCC3)c3c(c2C#N)CCOC3)CCN1C(=O)c1ccco1. The minimum Gasteiger partial charge on any atom is -0.459 e. The van der Waals surface area contributed by atoms with Gasteiger partial charge in [0.05, 0.1) is 30.7 Å². The highest BCUT2D eigenvalue weighted by molar-refractivity contribution is 5.91. The number of piperazine rings is 1. The van der Waals surface area contributed by atoms with Crippen molar-refractivity contribution in [3.63, 3.8) is 0 Å². The van der Waals surface area contributed by atoms with E-state index in [1.807, 2.05) is 4.90 Å². The minimum atomic E-state index is -0.0644. The Kier molecular flexibility index (Phi) is 6.37. The maximum absolute atomic E-state index is 13.0. The second-order valence-corrected chi connectivity index (χ2v) is 9.39. The number of amides is 1. The minimum absolute atomic E-state index is 0.0437. The Bertz CT molecular complexity index is 1040. The summed E-state index contributed by atoms with van der Waals surface area (Å²) in [7, 11) is 0. The van der Waals surface area contributed by atoms with Gasteiger partial charge in [0.1, 0.15) is 11.9 Å². The van der Waals surface area contributed by atoms with Crippen LogP contribution in [-0.2, 0) is 17.8 Å². The van der Waals surface area contributed by atoms with Gasteiger partial charge in [-0.1, -0.05) is 26.2 Å². The summed E-state index contributed by atoms with van der Waals surface area (Å²) >= 11 is 0. The maximum atomic E-state index is 13.0. The number of furan rings is 1. The van der Waals surface area contributed by atoms with Crippen LogP contribution in [0, 0.1) is 11.3 Å². The van der Waals surface area contributed by atoms with Crippen molar-refractivity contribution >= 4 is 11.7 Å². The van der Waals surface area contributed by atoms with Gasteiger partial charge in [0.15, 0.2) is 5.76 Å². The molecule has 0 N–H and O–H groups in total. The molecule has 0 bridgehead atoms. The fourth-order valence-electron chi connectivity index (χ4n) is 5.73. The van der Waals surface area contributed by atoms with Gasteiger partial charge in [-0.15, -0.1) is 0 Å². The molecule has 174 valence electrons. The van der Waals surface area contributed by atoms with E-state index in [0.29, 0.717) is 50.1 Å². The Morgan fingerprint density at radius 3 is 2.82 bits per heavy atom. The Hall–Kier alpha value is -2.85. The van der Waals surface area contributed by atoms with Crippen molar-refractivity contribution in [1.82, 2.24) is 9.88 Å². The summed E-state index contributed by atoms with van der Waals surface area (Å²) in [5, 5.41) is 10.2. The van der Waals surface area contributed by atoms with Gasteiger partial charge in [0, 0.05) is 37.2 Å². The molecule has 0 aromatic carbocycles. The summed E-state index contributed by atoms with van der Waals surface area (Å²) < 4.78 is 11.2. The first-order valence-corrected chi connectivity index (χ1v) is 12.3. The van der Waals surface area contributed by atoms with Crippen LogP contribution in [0.5, 0.6) is 0 Å². The predicted octanol–water partition coefficient (Wildman–Crippen LogP) is 4.41. The van der Waals surface area contributed by atoms with Crippen LogP contribution in [-0.4, -0.2) is 48.1 Å². The van der Waals surface area contributed by atoms with Gasteiger partial charge in [-0.2, -0.15) is 5.26 Å². The lowest BCUT2D eigenvalue weighted by Gasteiger charge is -2.42. The van der Waals surface area contributed by atoms with Gasteiger partial charge >= 0.3 is 0 Å². The van der Waals surface area contributed by atoms with Crippen LogP contribution in [0.25, 0.3) is 0 Å². The van der Waals surface area contributed by atoms with Crippen LogP contribution in [0.1, 0.15) is 84.3 Å². The zero-order valence-corrected chi connectivity index (χ0v) is 19.4. The van der Waals surface area contributed by atoms with Gasteiger partial charge < -0.3 is 19.0 Å². The molecular formula is C26H32N4O3. The highest BCUT2D eigenvalue weighted by Crippen LogP contribution is 2.39. The van der Waals surface area contributed by atoms with Crippen LogP contribution >= 0.6 is 0 Å². The molecule has 2 aromatic rings. The number of nitriles is 1. The van der Waals surface area contributed by atoms with Gasteiger partial charge in [-0.3, -0.25) is 4.79 Å². The van der Waals surface area contributed by atoms with Crippen molar-refractivity contribution in [1.29, 1.82) is 5.26 Å². The van der Waals surface area contributed by atoms with Crippen LogP contribution in [0.2, 0.25) is 0 Å². The van der Waals surface area contributed by atoms with Crippen LogP contribution in [0.4, 0.5) is 5.82 Å². The zero-order chi connectivity index (χ0) is 22.8. The molecule has 1 aliphatic carbocycles. The van der Waals surface area contributed by atoms with Crippen LogP contribution in [0.3, 0.4) is 0 Å². The highest BCUT2D eigenvalue weighted by Gasteiger charge is 2.35. The Morgan fingerprint density at radius 2 is 2.09 bits per heavy atom. The highest BCUT2D eigenvalue weighted by atomic mass is 16.5. The number of rotatable bonds is 4. The van der Waals surface area contributed by atoms with Crippen molar-refractivity contribution in [2.45, 2.75) is 70.4 Å². The topological polar surface area (TPSA) is 82.6 Å². The fourth-order valence-corrected chi connectivity index (χ4v) is 5.73. The number of aromatic nitrogens is 1. The van der Waals surface area contributed by atoms with E-state index in [9.17, 15) is 10.1 Å². The van der Waals surface area contributed by atoms with Crippen LogP contribution < -0.4 is 4.90 Å². The molecule has 0 radical (unpaired) electrons. The molecule has 1 saturated heterocycles. The Labute approximate surface area is 195 Å². The van der Waals surface area contributed by atoms with Crippen LogP contribution in [0.15, 0.2) is 22.8 Å². The molecule has 1 saturated carbocycles. The molecule has 4 heterocycles. The standard InChI is InChI=1S/C26H32N4O3/c1-2-19-16-29(11-12-30(19)26(31)23-9-6-13-33-23)25-21(15-27)20-10-14-32-17-22(20)24(28-25)18-7-4-3-5-8-18/h6,9,13,18-19H,2-5,7-8,10-12,14,16-17H2,1H3. The number of anilines is 1. The average Bonchev–Trinajstić information content (AvgIpc) is 3.42. The molecule has 1 unspecified atom stereocenters. The molecule has 0 spiro atoms. The molecule has 7 nitrogen and oxygen atoms in total. The van der Waals surface area contributed by atoms with Crippen molar-refractivity contribution in [3.05, 3.63) is 46.5 Å². The van der Waals surface area contributed by atoms with E-state index >= 15 is 0 Å². The number of hydrogen-bond acceptors (Lipinski definition) is 6. The van der Waals surface area contributed by atoms with Crippen molar-refractivity contribution < 1.29 is 13.9 Å². The van der Waals surface area contributed by atoms with Crippen molar-refractivity contribution in [2.24, 2.45) is 0 Å². The quantitative estimate of drug-likeness (QED) is 0.689. The summed E-state index contributed by atoms with van der Waals surface area (Å²) in [6, 6.07) is 6.00. The third-order valence-corrected chi connectivity index (χ3v) is 7.52. The smallest absolute Gasteiger partial charge is 0.289 e. The predicted molar refractivity (Wildman–Crippen MR) is 124 cm³/mol. The van der Waals surface area contributed by atoms with E-state index in [4.69, 9.17) is 14.1 Å². The fraction of sp³-hybridized carbons (Fsp3) is 0.577. The van der Waals surface area contributed by atoms with Gasteiger partial charge in [0.2, 0.25) is 0 Å². The molecule has 7 heteroatoms. The van der Waals surface area contributed by atoms with E-state index in [-0.39, 0.29) is 11.9 Å². The summed E-state index contributed by atoms with van der Waals surface area (Å²) in [4.78, 5) is 22.3. The average molecular weight is 449 g/mol.